The standard InChI is InChI=1S/C18H20N4O/c1-4-22-11-20-10-16(22)15-8-12(2)14-7-5-6-13(18(14)21-15)9-17(23)19-3/h5-8,10-11H,4,9H2,1-3H3,(H,19,23). The molecule has 1 N–H and O–H groups in total. The summed E-state index contributed by atoms with van der Waals surface area (Å²) in [5.74, 6) is -0.0130. The van der Waals surface area contributed by atoms with Gasteiger partial charge in [0, 0.05) is 19.0 Å². The Morgan fingerprint density at radius 1 is 1.35 bits per heavy atom. The number of aryl methyl sites for hydroxylation is 2. The molecule has 0 spiro atoms. The lowest BCUT2D eigenvalue weighted by Gasteiger charge is -2.11. The van der Waals surface area contributed by atoms with Gasteiger partial charge in [-0.2, -0.15) is 0 Å². The number of hydrogen-bond donors (Lipinski definition) is 1. The Morgan fingerprint density at radius 2 is 2.17 bits per heavy atom. The van der Waals surface area contributed by atoms with Crippen LogP contribution >= 0.6 is 0 Å². The van der Waals surface area contributed by atoms with Gasteiger partial charge in [-0.1, -0.05) is 18.2 Å². The average molecular weight is 308 g/mol. The molecule has 1 aromatic carbocycles. The Bertz CT molecular complexity index is 867. The van der Waals surface area contributed by atoms with Gasteiger partial charge < -0.3 is 9.88 Å². The lowest BCUT2D eigenvalue weighted by Crippen LogP contribution is -2.20. The zero-order valence-electron chi connectivity index (χ0n) is 13.6. The fraction of sp³-hybridized carbons (Fsp3) is 0.278. The van der Waals surface area contributed by atoms with Crippen LogP contribution in [-0.2, 0) is 17.8 Å². The van der Waals surface area contributed by atoms with Crippen LogP contribution in [0.25, 0.3) is 22.3 Å². The zero-order chi connectivity index (χ0) is 16.4. The summed E-state index contributed by atoms with van der Waals surface area (Å²) in [5, 5.41) is 3.75. The van der Waals surface area contributed by atoms with E-state index in [1.807, 2.05) is 30.7 Å². The number of aromatic nitrogens is 3. The van der Waals surface area contributed by atoms with E-state index < -0.39 is 0 Å². The lowest BCUT2D eigenvalue weighted by molar-refractivity contribution is -0.119. The number of nitrogens with zero attached hydrogens (tertiary/aromatic N) is 3. The number of para-hydroxylation sites is 1. The molecule has 2 heterocycles. The molecule has 0 aliphatic heterocycles. The summed E-state index contributed by atoms with van der Waals surface area (Å²) >= 11 is 0. The topological polar surface area (TPSA) is 59.8 Å². The van der Waals surface area contributed by atoms with E-state index in [2.05, 4.69) is 34.8 Å². The quantitative estimate of drug-likeness (QED) is 0.806. The number of rotatable bonds is 4. The van der Waals surface area contributed by atoms with Gasteiger partial charge in [-0.3, -0.25) is 4.79 Å². The van der Waals surface area contributed by atoms with E-state index in [9.17, 15) is 4.79 Å². The Balaban J connectivity index is 2.19. The molecule has 5 heteroatoms. The van der Waals surface area contributed by atoms with Crippen molar-refractivity contribution in [2.24, 2.45) is 0 Å². The molecule has 0 fully saturated rings. The number of benzene rings is 1. The van der Waals surface area contributed by atoms with Crippen molar-refractivity contribution in [3.8, 4) is 11.4 Å². The number of likely N-dealkylation sites (N-methyl/N-ethyl adjacent to an activating group) is 1. The first kappa shape index (κ1) is 15.2. The van der Waals surface area contributed by atoms with E-state index in [0.29, 0.717) is 6.42 Å². The Morgan fingerprint density at radius 3 is 2.91 bits per heavy atom. The second-order valence-corrected chi connectivity index (χ2v) is 5.55. The second kappa shape index (κ2) is 6.20. The molecule has 0 bridgehead atoms. The summed E-state index contributed by atoms with van der Waals surface area (Å²) in [6, 6.07) is 8.07. The van der Waals surface area contributed by atoms with Crippen LogP contribution in [0.4, 0.5) is 0 Å². The Kier molecular flexibility index (Phi) is 4.10. The molecule has 5 nitrogen and oxygen atoms in total. The third kappa shape index (κ3) is 2.82. The van der Waals surface area contributed by atoms with Crippen LogP contribution in [0.15, 0.2) is 36.8 Å². The number of carbonyl (C=O) groups excluding carboxylic acids is 1. The maximum absolute atomic E-state index is 11.8. The van der Waals surface area contributed by atoms with E-state index >= 15 is 0 Å². The molecule has 0 aliphatic rings. The highest BCUT2D eigenvalue weighted by Gasteiger charge is 2.12. The highest BCUT2D eigenvalue weighted by molar-refractivity contribution is 5.90. The zero-order valence-corrected chi connectivity index (χ0v) is 13.6. The van der Waals surface area contributed by atoms with Crippen LogP contribution < -0.4 is 5.32 Å². The van der Waals surface area contributed by atoms with Crippen molar-refractivity contribution in [3.05, 3.63) is 47.9 Å². The summed E-state index contributed by atoms with van der Waals surface area (Å²) in [6.45, 7) is 4.99. The monoisotopic (exact) mass is 308 g/mol. The van der Waals surface area contributed by atoms with E-state index in [0.717, 1.165) is 40.0 Å². The van der Waals surface area contributed by atoms with Gasteiger partial charge in [0.25, 0.3) is 0 Å². The molecule has 118 valence electrons. The first-order valence-corrected chi connectivity index (χ1v) is 7.74. The predicted molar refractivity (Wildman–Crippen MR) is 91.1 cm³/mol. The predicted octanol–water partition coefficient (Wildman–Crippen LogP) is 2.72. The maximum Gasteiger partial charge on any atom is 0.224 e. The maximum atomic E-state index is 11.8. The molecule has 0 radical (unpaired) electrons. The molecule has 1 amide bonds. The largest absolute Gasteiger partial charge is 0.359 e. The third-order valence-corrected chi connectivity index (χ3v) is 4.08. The number of nitrogens with one attached hydrogen (secondary N) is 1. The van der Waals surface area contributed by atoms with Crippen LogP contribution in [-0.4, -0.2) is 27.5 Å². The highest BCUT2D eigenvalue weighted by Crippen LogP contribution is 2.26. The van der Waals surface area contributed by atoms with Crippen LogP contribution in [0, 0.1) is 6.92 Å². The molecule has 2 aromatic heterocycles. The minimum atomic E-state index is -0.0130. The van der Waals surface area contributed by atoms with Gasteiger partial charge in [-0.05, 0) is 31.0 Å². The highest BCUT2D eigenvalue weighted by atomic mass is 16.1. The number of carbonyl (C=O) groups is 1. The molecule has 0 unspecified atom stereocenters. The first-order chi connectivity index (χ1) is 11.1. The summed E-state index contributed by atoms with van der Waals surface area (Å²) in [7, 11) is 1.65. The molecule has 3 rings (SSSR count). The van der Waals surface area contributed by atoms with E-state index in [1.165, 1.54) is 0 Å². The van der Waals surface area contributed by atoms with Crippen molar-refractivity contribution < 1.29 is 4.79 Å². The van der Waals surface area contributed by atoms with E-state index in [4.69, 9.17) is 4.98 Å². The van der Waals surface area contributed by atoms with Gasteiger partial charge in [0.2, 0.25) is 5.91 Å². The smallest absolute Gasteiger partial charge is 0.224 e. The molecule has 0 atom stereocenters. The fourth-order valence-corrected chi connectivity index (χ4v) is 2.80. The minimum Gasteiger partial charge on any atom is -0.359 e. The van der Waals surface area contributed by atoms with E-state index in [1.54, 1.807) is 7.05 Å². The van der Waals surface area contributed by atoms with Crippen LogP contribution in [0.5, 0.6) is 0 Å². The molecular formula is C18H20N4O. The van der Waals surface area contributed by atoms with Crippen molar-refractivity contribution in [2.75, 3.05) is 7.05 Å². The molecule has 0 saturated heterocycles. The van der Waals surface area contributed by atoms with Crippen molar-refractivity contribution in [2.45, 2.75) is 26.8 Å². The van der Waals surface area contributed by atoms with Crippen molar-refractivity contribution in [3.63, 3.8) is 0 Å². The summed E-state index contributed by atoms with van der Waals surface area (Å²) in [6.07, 6.45) is 3.97. The summed E-state index contributed by atoms with van der Waals surface area (Å²) in [4.78, 5) is 20.8. The number of pyridine rings is 1. The van der Waals surface area contributed by atoms with Crippen LogP contribution in [0.1, 0.15) is 18.1 Å². The molecule has 3 aromatic rings. The first-order valence-electron chi connectivity index (χ1n) is 7.74. The van der Waals surface area contributed by atoms with Gasteiger partial charge in [0.15, 0.2) is 0 Å². The lowest BCUT2D eigenvalue weighted by atomic mass is 10.0. The van der Waals surface area contributed by atoms with Gasteiger partial charge in [0.1, 0.15) is 0 Å². The fourth-order valence-electron chi connectivity index (χ4n) is 2.80. The van der Waals surface area contributed by atoms with Gasteiger partial charge >= 0.3 is 0 Å². The Labute approximate surface area is 135 Å². The van der Waals surface area contributed by atoms with Gasteiger partial charge in [-0.25, -0.2) is 9.97 Å². The molecule has 23 heavy (non-hydrogen) atoms. The Hall–Kier alpha value is -2.69. The van der Waals surface area contributed by atoms with Crippen molar-refractivity contribution >= 4 is 16.8 Å². The normalized spacial score (nSPS) is 10.9. The third-order valence-electron chi connectivity index (χ3n) is 4.08. The summed E-state index contributed by atoms with van der Waals surface area (Å²) < 4.78 is 2.06. The molecule has 0 saturated carbocycles. The van der Waals surface area contributed by atoms with Crippen LogP contribution in [0.3, 0.4) is 0 Å². The number of amides is 1. The molecular weight excluding hydrogens is 288 g/mol. The SMILES string of the molecule is CCn1cncc1-c1cc(C)c2cccc(CC(=O)NC)c2n1. The molecule has 0 aliphatic carbocycles. The number of hydrogen-bond acceptors (Lipinski definition) is 3. The van der Waals surface area contributed by atoms with E-state index in [-0.39, 0.29) is 5.91 Å². The second-order valence-electron chi connectivity index (χ2n) is 5.55. The van der Waals surface area contributed by atoms with Gasteiger partial charge in [0.05, 0.1) is 35.8 Å². The van der Waals surface area contributed by atoms with Gasteiger partial charge in [-0.15, -0.1) is 0 Å². The average Bonchev–Trinajstić information content (AvgIpc) is 3.04. The minimum absolute atomic E-state index is 0.0130. The van der Waals surface area contributed by atoms with Crippen LogP contribution in [0.2, 0.25) is 0 Å². The number of fused-ring (bicyclic) bond motifs is 1. The summed E-state index contributed by atoms with van der Waals surface area (Å²) in [5.41, 5.74) is 4.85. The number of imidazole rings is 1. The van der Waals surface area contributed by atoms with Crippen molar-refractivity contribution in [1.82, 2.24) is 19.9 Å². The van der Waals surface area contributed by atoms with Crippen molar-refractivity contribution in [1.29, 1.82) is 0 Å².